The van der Waals surface area contributed by atoms with Crippen molar-refractivity contribution in [2.24, 2.45) is 0 Å². The number of hydrogen-bond donors (Lipinski definition) is 1. The van der Waals surface area contributed by atoms with Crippen molar-refractivity contribution in [3.63, 3.8) is 0 Å². The standard InChI is InChI=1S/C23H18O5/c1-26-23-11-16(7-10-19(23)24)21-13-20(25)18-9-8-17(12-22(18)28-21)27-14-15-5-3-2-4-6-15/h2-13,24H,14H2,1H3. The van der Waals surface area contributed by atoms with Crippen LogP contribution in [0.4, 0.5) is 0 Å². The molecule has 0 fully saturated rings. The maximum Gasteiger partial charge on any atom is 0.193 e. The summed E-state index contributed by atoms with van der Waals surface area (Å²) in [7, 11) is 1.46. The van der Waals surface area contributed by atoms with Crippen LogP contribution in [0.25, 0.3) is 22.3 Å². The summed E-state index contributed by atoms with van der Waals surface area (Å²) in [5, 5.41) is 10.2. The van der Waals surface area contributed by atoms with Gasteiger partial charge in [-0.3, -0.25) is 4.79 Å². The average Bonchev–Trinajstić information content (AvgIpc) is 2.73. The van der Waals surface area contributed by atoms with E-state index in [0.29, 0.717) is 40.4 Å². The molecule has 4 aromatic rings. The Labute approximate surface area is 161 Å². The Balaban J connectivity index is 1.69. The highest BCUT2D eigenvalue weighted by molar-refractivity contribution is 5.80. The van der Waals surface area contributed by atoms with E-state index in [1.165, 1.54) is 19.2 Å². The van der Waals surface area contributed by atoms with Crippen LogP contribution in [0.3, 0.4) is 0 Å². The van der Waals surface area contributed by atoms with Crippen molar-refractivity contribution < 1.29 is 19.0 Å². The molecule has 0 aliphatic carbocycles. The van der Waals surface area contributed by atoms with Crippen LogP contribution in [0.2, 0.25) is 0 Å². The van der Waals surface area contributed by atoms with E-state index in [1.54, 1.807) is 30.3 Å². The zero-order valence-electron chi connectivity index (χ0n) is 15.2. The first-order valence-electron chi connectivity index (χ1n) is 8.76. The van der Waals surface area contributed by atoms with Gasteiger partial charge in [0.05, 0.1) is 12.5 Å². The van der Waals surface area contributed by atoms with Crippen LogP contribution in [-0.2, 0) is 6.61 Å². The number of fused-ring (bicyclic) bond motifs is 1. The lowest BCUT2D eigenvalue weighted by Crippen LogP contribution is -2.01. The van der Waals surface area contributed by atoms with Gasteiger partial charge in [-0.05, 0) is 35.9 Å². The summed E-state index contributed by atoms with van der Waals surface area (Å²) in [5.74, 6) is 1.32. The van der Waals surface area contributed by atoms with E-state index in [9.17, 15) is 9.90 Å². The summed E-state index contributed by atoms with van der Waals surface area (Å²) in [6.45, 7) is 0.422. The highest BCUT2D eigenvalue weighted by atomic mass is 16.5. The molecule has 0 saturated carbocycles. The van der Waals surface area contributed by atoms with Crippen LogP contribution in [0, 0.1) is 0 Å². The highest BCUT2D eigenvalue weighted by Gasteiger charge is 2.11. The van der Waals surface area contributed by atoms with Crippen LogP contribution in [0.15, 0.2) is 82.0 Å². The zero-order valence-corrected chi connectivity index (χ0v) is 15.2. The number of hydrogen-bond acceptors (Lipinski definition) is 5. The van der Waals surface area contributed by atoms with E-state index < -0.39 is 0 Å². The predicted octanol–water partition coefficient (Wildman–Crippen LogP) is 4.75. The summed E-state index contributed by atoms with van der Waals surface area (Å²) in [5.41, 5.74) is 1.95. The predicted molar refractivity (Wildman–Crippen MR) is 107 cm³/mol. The Morgan fingerprint density at radius 1 is 0.964 bits per heavy atom. The highest BCUT2D eigenvalue weighted by Crippen LogP contribution is 2.32. The number of methoxy groups -OCH3 is 1. The number of benzene rings is 3. The quantitative estimate of drug-likeness (QED) is 0.546. The van der Waals surface area contributed by atoms with Crippen molar-refractivity contribution in [1.82, 2.24) is 0 Å². The molecule has 1 N–H and O–H groups in total. The van der Waals surface area contributed by atoms with Gasteiger partial charge in [-0.1, -0.05) is 30.3 Å². The first-order valence-corrected chi connectivity index (χ1v) is 8.76. The monoisotopic (exact) mass is 374 g/mol. The largest absolute Gasteiger partial charge is 0.504 e. The number of aromatic hydroxyl groups is 1. The van der Waals surface area contributed by atoms with Gasteiger partial charge in [0.2, 0.25) is 0 Å². The van der Waals surface area contributed by atoms with Crippen LogP contribution in [-0.4, -0.2) is 12.2 Å². The smallest absolute Gasteiger partial charge is 0.193 e. The third-order valence-corrected chi connectivity index (χ3v) is 4.41. The molecule has 1 aromatic heterocycles. The lowest BCUT2D eigenvalue weighted by atomic mass is 10.1. The number of rotatable bonds is 5. The topological polar surface area (TPSA) is 68.9 Å². The summed E-state index contributed by atoms with van der Waals surface area (Å²) in [6, 6.07) is 21.2. The SMILES string of the molecule is COc1cc(-c2cc(=O)c3ccc(OCc4ccccc4)cc3o2)ccc1O. The Hall–Kier alpha value is -3.73. The van der Waals surface area contributed by atoms with Crippen molar-refractivity contribution in [3.8, 4) is 28.6 Å². The second-order valence-electron chi connectivity index (χ2n) is 6.29. The lowest BCUT2D eigenvalue weighted by molar-refractivity contribution is 0.306. The van der Waals surface area contributed by atoms with Gasteiger partial charge in [-0.15, -0.1) is 0 Å². The fourth-order valence-electron chi connectivity index (χ4n) is 2.94. The Morgan fingerprint density at radius 2 is 1.79 bits per heavy atom. The summed E-state index contributed by atoms with van der Waals surface area (Å²) in [6.07, 6.45) is 0. The van der Waals surface area contributed by atoms with Crippen LogP contribution in [0.5, 0.6) is 17.2 Å². The van der Waals surface area contributed by atoms with Gasteiger partial charge in [-0.2, -0.15) is 0 Å². The van der Waals surface area contributed by atoms with Crippen LogP contribution < -0.4 is 14.9 Å². The minimum atomic E-state index is -0.155. The van der Waals surface area contributed by atoms with E-state index in [2.05, 4.69) is 0 Å². The van der Waals surface area contributed by atoms with Crippen molar-refractivity contribution in [3.05, 3.63) is 88.6 Å². The number of phenolic OH excluding ortho intramolecular Hbond substituents is 1. The van der Waals surface area contributed by atoms with E-state index >= 15 is 0 Å². The first kappa shape index (κ1) is 17.7. The van der Waals surface area contributed by atoms with Gasteiger partial charge in [0.15, 0.2) is 16.9 Å². The molecular weight excluding hydrogens is 356 g/mol. The van der Waals surface area contributed by atoms with Gasteiger partial charge in [0, 0.05) is 17.7 Å². The zero-order chi connectivity index (χ0) is 19.5. The maximum absolute atomic E-state index is 12.5. The Kier molecular flexibility index (Phi) is 4.72. The van der Waals surface area contributed by atoms with E-state index in [4.69, 9.17) is 13.9 Å². The summed E-state index contributed by atoms with van der Waals surface area (Å²) >= 11 is 0. The van der Waals surface area contributed by atoms with Crippen LogP contribution >= 0.6 is 0 Å². The van der Waals surface area contributed by atoms with Crippen LogP contribution in [0.1, 0.15) is 5.56 Å². The molecule has 0 unspecified atom stereocenters. The molecule has 3 aromatic carbocycles. The molecule has 140 valence electrons. The fraction of sp³-hybridized carbons (Fsp3) is 0.0870. The lowest BCUT2D eigenvalue weighted by Gasteiger charge is -2.09. The van der Waals surface area contributed by atoms with Crippen molar-refractivity contribution in [2.75, 3.05) is 7.11 Å². The molecule has 0 radical (unpaired) electrons. The average molecular weight is 374 g/mol. The van der Waals surface area contributed by atoms with Gasteiger partial charge in [0.25, 0.3) is 0 Å². The van der Waals surface area contributed by atoms with E-state index in [-0.39, 0.29) is 11.2 Å². The molecule has 5 nitrogen and oxygen atoms in total. The molecule has 0 spiro atoms. The molecule has 0 amide bonds. The molecule has 0 aliphatic rings. The van der Waals surface area contributed by atoms with Gasteiger partial charge < -0.3 is 19.0 Å². The molecule has 0 atom stereocenters. The Bertz CT molecular complexity index is 1180. The molecule has 0 bridgehead atoms. The van der Waals surface area contributed by atoms with Crippen molar-refractivity contribution in [2.45, 2.75) is 6.61 Å². The first-order chi connectivity index (χ1) is 13.6. The minimum Gasteiger partial charge on any atom is -0.504 e. The third kappa shape index (κ3) is 3.55. The summed E-state index contributed by atoms with van der Waals surface area (Å²) < 4.78 is 16.9. The van der Waals surface area contributed by atoms with E-state index in [1.807, 2.05) is 30.3 Å². The third-order valence-electron chi connectivity index (χ3n) is 4.41. The molecular formula is C23H18O5. The maximum atomic E-state index is 12.5. The molecule has 4 rings (SSSR count). The molecule has 0 saturated heterocycles. The second-order valence-corrected chi connectivity index (χ2v) is 6.29. The van der Waals surface area contributed by atoms with Crippen molar-refractivity contribution >= 4 is 11.0 Å². The van der Waals surface area contributed by atoms with E-state index in [0.717, 1.165) is 5.56 Å². The van der Waals surface area contributed by atoms with Crippen molar-refractivity contribution in [1.29, 1.82) is 0 Å². The van der Waals surface area contributed by atoms with Gasteiger partial charge >= 0.3 is 0 Å². The minimum absolute atomic E-state index is 0.0194. The van der Waals surface area contributed by atoms with Gasteiger partial charge in [0.1, 0.15) is 23.7 Å². The Morgan fingerprint density at radius 3 is 2.57 bits per heavy atom. The molecule has 5 heteroatoms. The molecule has 1 heterocycles. The van der Waals surface area contributed by atoms with Gasteiger partial charge in [-0.25, -0.2) is 0 Å². The number of phenols is 1. The number of ether oxygens (including phenoxy) is 2. The normalized spacial score (nSPS) is 10.8. The fourth-order valence-corrected chi connectivity index (χ4v) is 2.94. The second kappa shape index (κ2) is 7.48. The summed E-state index contributed by atoms with van der Waals surface area (Å²) in [4.78, 5) is 12.5. The molecule has 28 heavy (non-hydrogen) atoms. The molecule has 0 aliphatic heterocycles.